The molecule has 0 unspecified atom stereocenters. The van der Waals surface area contributed by atoms with Gasteiger partial charge in [-0.05, 0) is 23.5 Å². The molecule has 0 atom stereocenters. The number of hydrogen-bond donors (Lipinski definition) is 0. The van der Waals surface area contributed by atoms with Crippen LogP contribution in [0.4, 0.5) is 0 Å². The summed E-state index contributed by atoms with van der Waals surface area (Å²) in [6.07, 6.45) is 3.58. The standard InChI is InChI=1S/C22H11N2OS.C11H8N.Ir/c1-2-7-14-13(6-1)19-22(26-12-24-19)18-16-9-5-8-15(20(16)25-21(14)18)17-10-3-4-11-23-17;1-2-6-10(7-3-1)11-8-4-5-9-12-11;/h1-7,9-12H;1-6,8-9H;/q2*-1;. The average molecular weight is 698 g/mol. The molecule has 6 heteroatoms. The van der Waals surface area contributed by atoms with Gasteiger partial charge in [0.2, 0.25) is 0 Å². The summed E-state index contributed by atoms with van der Waals surface area (Å²) in [4.78, 5) is 13.3. The van der Waals surface area contributed by atoms with Crippen molar-refractivity contribution in [3.05, 3.63) is 127 Å². The van der Waals surface area contributed by atoms with Crippen molar-refractivity contribution in [1.82, 2.24) is 15.0 Å². The van der Waals surface area contributed by atoms with Crippen LogP contribution < -0.4 is 0 Å². The van der Waals surface area contributed by atoms with Gasteiger partial charge in [-0.25, -0.2) is 4.98 Å². The zero-order valence-corrected chi connectivity index (χ0v) is 23.7. The first-order chi connectivity index (χ1) is 18.9. The van der Waals surface area contributed by atoms with Gasteiger partial charge < -0.3 is 14.4 Å². The second-order valence-corrected chi connectivity index (χ2v) is 9.54. The van der Waals surface area contributed by atoms with Gasteiger partial charge in [0.1, 0.15) is 5.58 Å². The first-order valence-electron chi connectivity index (χ1n) is 12.2. The molecule has 0 aliphatic rings. The topological polar surface area (TPSA) is 51.8 Å². The quantitative estimate of drug-likeness (QED) is 0.170. The number of nitrogens with zero attached hydrogens (tertiary/aromatic N) is 3. The van der Waals surface area contributed by atoms with Crippen LogP contribution in [0.2, 0.25) is 0 Å². The van der Waals surface area contributed by atoms with Crippen LogP contribution in [0.25, 0.3) is 65.4 Å². The molecular formula is C33H19IrN3OS-2. The third-order valence-corrected chi connectivity index (χ3v) is 7.29. The zero-order chi connectivity index (χ0) is 25.3. The molecular weight excluding hydrogens is 679 g/mol. The summed E-state index contributed by atoms with van der Waals surface area (Å²) < 4.78 is 7.60. The van der Waals surface area contributed by atoms with E-state index in [-0.39, 0.29) is 20.1 Å². The van der Waals surface area contributed by atoms with Crippen molar-refractivity contribution < 1.29 is 24.5 Å². The van der Waals surface area contributed by atoms with Crippen LogP contribution in [-0.2, 0) is 20.1 Å². The minimum absolute atomic E-state index is 0. The predicted molar refractivity (Wildman–Crippen MR) is 155 cm³/mol. The van der Waals surface area contributed by atoms with E-state index in [1.807, 2.05) is 84.4 Å². The SMILES string of the molecule is [Ir].[c-]1ccc2c(oc3c4ccccc4c4ncsc4c23)c1-c1ccccn1.[c-]1ccccc1-c1ccccn1. The number of thiazole rings is 1. The van der Waals surface area contributed by atoms with Crippen LogP contribution in [0.1, 0.15) is 0 Å². The van der Waals surface area contributed by atoms with E-state index in [9.17, 15) is 0 Å². The Bertz CT molecular complexity index is 1980. The number of rotatable bonds is 2. The van der Waals surface area contributed by atoms with E-state index in [1.165, 1.54) is 0 Å². The normalized spacial score (nSPS) is 10.9. The molecule has 189 valence electrons. The molecule has 8 rings (SSSR count). The minimum atomic E-state index is 0. The van der Waals surface area contributed by atoms with Crippen molar-refractivity contribution in [1.29, 1.82) is 0 Å². The molecule has 1 radical (unpaired) electrons. The molecule has 0 fully saturated rings. The summed E-state index contributed by atoms with van der Waals surface area (Å²) in [7, 11) is 0. The number of aromatic nitrogens is 3. The molecule has 8 aromatic rings. The Kier molecular flexibility index (Phi) is 6.99. The van der Waals surface area contributed by atoms with E-state index in [0.717, 1.165) is 65.4 Å². The van der Waals surface area contributed by atoms with Crippen molar-refractivity contribution in [2.45, 2.75) is 0 Å². The molecule has 0 aliphatic carbocycles. The fraction of sp³-hybridized carbons (Fsp3) is 0. The number of benzene rings is 4. The second kappa shape index (κ2) is 10.9. The maximum Gasteiger partial charge on any atom is 0.130 e. The molecule has 0 saturated heterocycles. The van der Waals surface area contributed by atoms with Crippen LogP contribution in [0.5, 0.6) is 0 Å². The van der Waals surface area contributed by atoms with Crippen molar-refractivity contribution >= 4 is 54.3 Å². The van der Waals surface area contributed by atoms with Crippen molar-refractivity contribution in [3.8, 4) is 22.5 Å². The molecule has 0 amide bonds. The number of furan rings is 1. The third kappa shape index (κ3) is 4.53. The average Bonchev–Trinajstić information content (AvgIpc) is 3.64. The third-order valence-electron chi connectivity index (χ3n) is 6.44. The van der Waals surface area contributed by atoms with E-state index in [0.29, 0.717) is 0 Å². The van der Waals surface area contributed by atoms with Gasteiger partial charge in [0.25, 0.3) is 0 Å². The van der Waals surface area contributed by atoms with Gasteiger partial charge in [0.05, 0.1) is 21.3 Å². The fourth-order valence-corrected chi connectivity index (χ4v) is 5.61. The maximum atomic E-state index is 6.44. The molecule has 39 heavy (non-hydrogen) atoms. The van der Waals surface area contributed by atoms with Crippen LogP contribution in [0.15, 0.2) is 119 Å². The molecule has 0 bridgehead atoms. The number of pyridine rings is 2. The first-order valence-corrected chi connectivity index (χ1v) is 13.1. The molecule has 4 nitrogen and oxygen atoms in total. The molecule has 0 aliphatic heterocycles. The van der Waals surface area contributed by atoms with Crippen molar-refractivity contribution in [2.75, 3.05) is 0 Å². The Balaban J connectivity index is 0.000000180. The fourth-order valence-electron chi connectivity index (χ4n) is 4.76. The van der Waals surface area contributed by atoms with Crippen LogP contribution in [0, 0.1) is 12.1 Å². The molecule has 4 heterocycles. The minimum Gasteiger partial charge on any atom is -0.500 e. The number of hydrogen-bond acceptors (Lipinski definition) is 5. The smallest absolute Gasteiger partial charge is 0.130 e. The summed E-state index contributed by atoms with van der Waals surface area (Å²) in [5.41, 5.74) is 8.44. The van der Waals surface area contributed by atoms with Gasteiger partial charge in [-0.3, -0.25) is 0 Å². The molecule has 0 spiro atoms. The summed E-state index contributed by atoms with van der Waals surface area (Å²) >= 11 is 1.66. The predicted octanol–water partition coefficient (Wildman–Crippen LogP) is 8.76. The van der Waals surface area contributed by atoms with Gasteiger partial charge >= 0.3 is 0 Å². The van der Waals surface area contributed by atoms with E-state index < -0.39 is 0 Å². The van der Waals surface area contributed by atoms with Crippen LogP contribution >= 0.6 is 11.3 Å². The largest absolute Gasteiger partial charge is 0.500 e. The Morgan fingerprint density at radius 1 is 0.615 bits per heavy atom. The van der Waals surface area contributed by atoms with Crippen LogP contribution in [-0.4, -0.2) is 15.0 Å². The van der Waals surface area contributed by atoms with Gasteiger partial charge in [0.15, 0.2) is 0 Å². The summed E-state index contributed by atoms with van der Waals surface area (Å²) in [6.45, 7) is 0. The monoisotopic (exact) mass is 698 g/mol. The Morgan fingerprint density at radius 2 is 1.36 bits per heavy atom. The zero-order valence-electron chi connectivity index (χ0n) is 20.5. The van der Waals surface area contributed by atoms with E-state index in [2.05, 4.69) is 45.3 Å². The Labute approximate surface area is 242 Å². The van der Waals surface area contributed by atoms with Crippen molar-refractivity contribution in [2.24, 2.45) is 0 Å². The van der Waals surface area contributed by atoms with Crippen molar-refractivity contribution in [3.63, 3.8) is 0 Å². The van der Waals surface area contributed by atoms with Gasteiger partial charge in [-0.1, -0.05) is 59.5 Å². The second-order valence-electron chi connectivity index (χ2n) is 8.68. The Morgan fingerprint density at radius 3 is 2.10 bits per heavy atom. The number of fused-ring (bicyclic) bond motifs is 8. The maximum absolute atomic E-state index is 6.44. The summed E-state index contributed by atoms with van der Waals surface area (Å²) in [6, 6.07) is 38.3. The van der Waals surface area contributed by atoms with Gasteiger partial charge in [-0.2, -0.15) is 0 Å². The van der Waals surface area contributed by atoms with Gasteiger partial charge in [0, 0.05) is 48.7 Å². The molecule has 0 N–H and O–H groups in total. The van der Waals surface area contributed by atoms with E-state index in [1.54, 1.807) is 23.7 Å². The summed E-state index contributed by atoms with van der Waals surface area (Å²) in [5, 5.41) is 4.42. The van der Waals surface area contributed by atoms with Crippen LogP contribution in [0.3, 0.4) is 0 Å². The molecule has 4 aromatic heterocycles. The van der Waals surface area contributed by atoms with E-state index >= 15 is 0 Å². The molecule has 0 saturated carbocycles. The van der Waals surface area contributed by atoms with E-state index in [4.69, 9.17) is 4.42 Å². The van der Waals surface area contributed by atoms with Gasteiger partial charge in [-0.15, -0.1) is 65.4 Å². The molecule has 4 aromatic carbocycles. The summed E-state index contributed by atoms with van der Waals surface area (Å²) in [5.74, 6) is 0. The Hall–Kier alpha value is -4.22. The first kappa shape index (κ1) is 25.1.